The minimum atomic E-state index is -0.787. The molecule has 1 aromatic rings. The number of likely N-dealkylation sites (N-methyl/N-ethyl adjacent to an activating group) is 1. The molecule has 3 rings (SSSR count). The molecule has 2 aliphatic rings. The maximum atomic E-state index is 12.4. The standard InChI is InChI=1S/C20H28N2O3/c1-2-22(13-20(24)25)17-11-16(12-17)21-19(23)10-15-8-5-7-14-6-3-4-9-18(14)15/h3-4,6,9,15-17H,2,5,7-8,10-13H2,1H3,(H,21,23)(H,24,25). The van der Waals surface area contributed by atoms with Crippen LogP contribution in [0.3, 0.4) is 0 Å². The number of aryl methyl sites for hydroxylation is 1. The molecule has 1 amide bonds. The first-order chi connectivity index (χ1) is 12.1. The summed E-state index contributed by atoms with van der Waals surface area (Å²) in [6.45, 7) is 2.80. The SMILES string of the molecule is CCN(CC(=O)O)C1CC(NC(=O)CC2CCCc3ccccc32)C1. The van der Waals surface area contributed by atoms with Gasteiger partial charge in [-0.05, 0) is 55.7 Å². The fourth-order valence-corrected chi connectivity index (χ4v) is 4.25. The largest absolute Gasteiger partial charge is 0.480 e. The minimum absolute atomic E-state index is 0.0840. The van der Waals surface area contributed by atoms with Gasteiger partial charge in [-0.2, -0.15) is 0 Å². The molecule has 2 aliphatic carbocycles. The average molecular weight is 344 g/mol. The van der Waals surface area contributed by atoms with Crippen molar-refractivity contribution in [2.45, 2.75) is 63.5 Å². The number of nitrogens with one attached hydrogen (secondary N) is 1. The Balaban J connectivity index is 1.46. The molecule has 1 fully saturated rings. The van der Waals surface area contributed by atoms with Crippen molar-refractivity contribution in [1.82, 2.24) is 10.2 Å². The quantitative estimate of drug-likeness (QED) is 0.797. The van der Waals surface area contributed by atoms with Crippen molar-refractivity contribution in [2.24, 2.45) is 0 Å². The van der Waals surface area contributed by atoms with Gasteiger partial charge in [0.2, 0.25) is 5.91 Å². The number of carbonyl (C=O) groups is 2. The van der Waals surface area contributed by atoms with Gasteiger partial charge in [-0.3, -0.25) is 14.5 Å². The van der Waals surface area contributed by atoms with Crippen molar-refractivity contribution in [1.29, 1.82) is 0 Å². The lowest BCUT2D eigenvalue weighted by Gasteiger charge is -2.42. The molecule has 25 heavy (non-hydrogen) atoms. The van der Waals surface area contributed by atoms with Gasteiger partial charge in [0.15, 0.2) is 0 Å². The molecule has 5 nitrogen and oxygen atoms in total. The number of carboxylic acid groups (broad SMARTS) is 1. The van der Waals surface area contributed by atoms with E-state index < -0.39 is 5.97 Å². The third kappa shape index (κ3) is 4.40. The number of rotatable bonds is 7. The summed E-state index contributed by atoms with van der Waals surface area (Å²) in [6, 6.07) is 8.95. The molecule has 0 saturated heterocycles. The second kappa shape index (κ2) is 8.00. The summed E-state index contributed by atoms with van der Waals surface area (Å²) in [7, 11) is 0. The summed E-state index contributed by atoms with van der Waals surface area (Å²) in [6.07, 6.45) is 5.63. The van der Waals surface area contributed by atoms with E-state index in [1.54, 1.807) is 0 Å². The van der Waals surface area contributed by atoms with Crippen LogP contribution in [-0.4, -0.2) is 47.1 Å². The fraction of sp³-hybridized carbons (Fsp3) is 0.600. The van der Waals surface area contributed by atoms with E-state index in [1.807, 2.05) is 11.8 Å². The topological polar surface area (TPSA) is 69.6 Å². The normalized spacial score (nSPS) is 25.1. The van der Waals surface area contributed by atoms with E-state index in [2.05, 4.69) is 29.6 Å². The molecule has 1 atom stereocenters. The van der Waals surface area contributed by atoms with Crippen LogP contribution < -0.4 is 5.32 Å². The van der Waals surface area contributed by atoms with Crippen LogP contribution in [0.5, 0.6) is 0 Å². The summed E-state index contributed by atoms with van der Waals surface area (Å²) in [5.74, 6) is -0.322. The van der Waals surface area contributed by atoms with E-state index >= 15 is 0 Å². The Labute approximate surface area is 149 Å². The van der Waals surface area contributed by atoms with E-state index in [9.17, 15) is 9.59 Å². The molecule has 0 aliphatic heterocycles. The van der Waals surface area contributed by atoms with Gasteiger partial charge >= 0.3 is 5.97 Å². The zero-order valence-corrected chi connectivity index (χ0v) is 14.9. The van der Waals surface area contributed by atoms with Gasteiger partial charge in [0.05, 0.1) is 6.54 Å². The zero-order chi connectivity index (χ0) is 17.8. The highest BCUT2D eigenvalue weighted by molar-refractivity contribution is 5.77. The summed E-state index contributed by atoms with van der Waals surface area (Å²) >= 11 is 0. The molecular weight excluding hydrogens is 316 g/mol. The summed E-state index contributed by atoms with van der Waals surface area (Å²) in [5.41, 5.74) is 2.73. The van der Waals surface area contributed by atoms with Crippen LogP contribution in [0.25, 0.3) is 0 Å². The fourth-order valence-electron chi connectivity index (χ4n) is 4.25. The lowest BCUT2D eigenvalue weighted by atomic mass is 9.80. The van der Waals surface area contributed by atoms with Gasteiger partial charge in [-0.25, -0.2) is 0 Å². The van der Waals surface area contributed by atoms with Crippen LogP contribution >= 0.6 is 0 Å². The van der Waals surface area contributed by atoms with Gasteiger partial charge in [-0.15, -0.1) is 0 Å². The highest BCUT2D eigenvalue weighted by Crippen LogP contribution is 2.34. The summed E-state index contributed by atoms with van der Waals surface area (Å²) < 4.78 is 0. The first kappa shape index (κ1) is 17.9. The predicted octanol–water partition coefficient (Wildman–Crippen LogP) is 2.55. The van der Waals surface area contributed by atoms with Gasteiger partial charge in [0.1, 0.15) is 0 Å². The van der Waals surface area contributed by atoms with E-state index in [-0.39, 0.29) is 24.5 Å². The maximum absolute atomic E-state index is 12.4. The first-order valence-electron chi connectivity index (χ1n) is 9.39. The molecule has 0 bridgehead atoms. The number of nitrogens with zero attached hydrogens (tertiary/aromatic N) is 1. The van der Waals surface area contributed by atoms with Crippen LogP contribution in [0.4, 0.5) is 0 Å². The molecule has 1 unspecified atom stereocenters. The Morgan fingerprint density at radius 3 is 2.76 bits per heavy atom. The highest BCUT2D eigenvalue weighted by Gasteiger charge is 2.35. The van der Waals surface area contributed by atoms with Crippen molar-refractivity contribution >= 4 is 11.9 Å². The van der Waals surface area contributed by atoms with Crippen molar-refractivity contribution in [3.63, 3.8) is 0 Å². The maximum Gasteiger partial charge on any atom is 0.317 e. The molecule has 1 aromatic carbocycles. The van der Waals surface area contributed by atoms with Crippen molar-refractivity contribution in [3.05, 3.63) is 35.4 Å². The smallest absolute Gasteiger partial charge is 0.317 e. The predicted molar refractivity (Wildman–Crippen MR) is 96.6 cm³/mol. The second-order valence-corrected chi connectivity index (χ2v) is 7.34. The Kier molecular flexibility index (Phi) is 5.74. The number of hydrogen-bond donors (Lipinski definition) is 2. The number of fused-ring (bicyclic) bond motifs is 1. The molecule has 5 heteroatoms. The Hall–Kier alpha value is -1.88. The molecule has 0 heterocycles. The molecule has 0 aromatic heterocycles. The Bertz CT molecular complexity index is 625. The second-order valence-electron chi connectivity index (χ2n) is 7.34. The number of benzene rings is 1. The Morgan fingerprint density at radius 2 is 2.04 bits per heavy atom. The Morgan fingerprint density at radius 1 is 1.28 bits per heavy atom. The van der Waals surface area contributed by atoms with E-state index in [4.69, 9.17) is 5.11 Å². The molecule has 0 radical (unpaired) electrons. The number of amides is 1. The highest BCUT2D eigenvalue weighted by atomic mass is 16.4. The third-order valence-electron chi connectivity index (χ3n) is 5.66. The van der Waals surface area contributed by atoms with Crippen LogP contribution in [0.15, 0.2) is 24.3 Å². The monoisotopic (exact) mass is 344 g/mol. The molecule has 136 valence electrons. The van der Waals surface area contributed by atoms with E-state index in [0.717, 1.165) is 38.6 Å². The van der Waals surface area contributed by atoms with Crippen molar-refractivity contribution in [3.8, 4) is 0 Å². The third-order valence-corrected chi connectivity index (χ3v) is 5.66. The van der Waals surface area contributed by atoms with Crippen molar-refractivity contribution < 1.29 is 14.7 Å². The van der Waals surface area contributed by atoms with Gasteiger partial charge < -0.3 is 10.4 Å². The van der Waals surface area contributed by atoms with Gasteiger partial charge in [0, 0.05) is 18.5 Å². The molecule has 1 saturated carbocycles. The zero-order valence-electron chi connectivity index (χ0n) is 14.9. The number of carbonyl (C=O) groups excluding carboxylic acids is 1. The van der Waals surface area contributed by atoms with Gasteiger partial charge in [0.25, 0.3) is 0 Å². The minimum Gasteiger partial charge on any atom is -0.480 e. The van der Waals surface area contributed by atoms with Crippen LogP contribution in [0, 0.1) is 0 Å². The van der Waals surface area contributed by atoms with Crippen molar-refractivity contribution in [2.75, 3.05) is 13.1 Å². The van der Waals surface area contributed by atoms with E-state index in [0.29, 0.717) is 12.3 Å². The van der Waals surface area contributed by atoms with Crippen LogP contribution in [0.2, 0.25) is 0 Å². The average Bonchev–Trinajstić information content (AvgIpc) is 2.56. The van der Waals surface area contributed by atoms with Gasteiger partial charge in [-0.1, -0.05) is 31.2 Å². The molecule has 2 N–H and O–H groups in total. The first-order valence-corrected chi connectivity index (χ1v) is 9.39. The van der Waals surface area contributed by atoms with Crippen LogP contribution in [-0.2, 0) is 16.0 Å². The molecular formula is C20H28N2O3. The molecule has 0 spiro atoms. The number of hydrogen-bond acceptors (Lipinski definition) is 3. The lowest BCUT2D eigenvalue weighted by Crippen LogP contribution is -2.54. The summed E-state index contributed by atoms with van der Waals surface area (Å²) in [5, 5.41) is 12.1. The van der Waals surface area contributed by atoms with Crippen LogP contribution in [0.1, 0.15) is 56.1 Å². The van der Waals surface area contributed by atoms with E-state index in [1.165, 1.54) is 11.1 Å². The lowest BCUT2D eigenvalue weighted by molar-refractivity contribution is -0.139. The number of aliphatic carboxylic acids is 1. The number of carboxylic acids is 1. The summed E-state index contributed by atoms with van der Waals surface area (Å²) in [4.78, 5) is 25.3.